The van der Waals surface area contributed by atoms with E-state index in [4.69, 9.17) is 5.73 Å². The fraction of sp³-hybridized carbons (Fsp3) is 0.0588. The standard InChI is InChI=1S/C17H14N4O/c1-10-7-11(22)4-5-12(10)16-8-13(15-3-2-6-20-15)14(9-18)17(19)21-16/h2-8,20,22H,1H3,(H2,19,21). The molecule has 0 amide bonds. The van der Waals surface area contributed by atoms with Crippen molar-refractivity contribution in [2.75, 3.05) is 5.73 Å². The number of hydrogen-bond donors (Lipinski definition) is 3. The molecular weight excluding hydrogens is 276 g/mol. The van der Waals surface area contributed by atoms with Gasteiger partial charge in [-0.1, -0.05) is 0 Å². The Kier molecular flexibility index (Phi) is 3.28. The summed E-state index contributed by atoms with van der Waals surface area (Å²) < 4.78 is 0. The number of hydrogen-bond acceptors (Lipinski definition) is 4. The maximum Gasteiger partial charge on any atom is 0.142 e. The van der Waals surface area contributed by atoms with Crippen molar-refractivity contribution in [3.8, 4) is 34.3 Å². The molecule has 3 rings (SSSR count). The van der Waals surface area contributed by atoms with Gasteiger partial charge in [0.15, 0.2) is 0 Å². The van der Waals surface area contributed by atoms with Gasteiger partial charge in [-0.15, -0.1) is 0 Å². The Morgan fingerprint density at radius 1 is 1.23 bits per heavy atom. The van der Waals surface area contributed by atoms with E-state index in [2.05, 4.69) is 16.0 Å². The van der Waals surface area contributed by atoms with Crippen molar-refractivity contribution in [2.24, 2.45) is 0 Å². The van der Waals surface area contributed by atoms with E-state index in [1.54, 1.807) is 24.4 Å². The van der Waals surface area contributed by atoms with Crippen LogP contribution in [0.3, 0.4) is 0 Å². The minimum Gasteiger partial charge on any atom is -0.508 e. The predicted molar refractivity (Wildman–Crippen MR) is 85.0 cm³/mol. The third kappa shape index (κ3) is 2.27. The Morgan fingerprint density at radius 3 is 2.68 bits per heavy atom. The van der Waals surface area contributed by atoms with Crippen LogP contribution in [0.5, 0.6) is 5.75 Å². The molecule has 2 heterocycles. The lowest BCUT2D eigenvalue weighted by Crippen LogP contribution is -2.00. The first-order valence-corrected chi connectivity index (χ1v) is 6.74. The molecule has 0 aliphatic carbocycles. The highest BCUT2D eigenvalue weighted by molar-refractivity contribution is 5.79. The van der Waals surface area contributed by atoms with Crippen LogP contribution in [0.4, 0.5) is 5.82 Å². The van der Waals surface area contributed by atoms with Gasteiger partial charge in [0.05, 0.1) is 5.69 Å². The summed E-state index contributed by atoms with van der Waals surface area (Å²) >= 11 is 0. The van der Waals surface area contributed by atoms with Gasteiger partial charge >= 0.3 is 0 Å². The van der Waals surface area contributed by atoms with E-state index in [1.165, 1.54) is 0 Å². The Labute approximate surface area is 127 Å². The zero-order valence-corrected chi connectivity index (χ0v) is 12.0. The number of nitrogens with two attached hydrogens (primary N) is 1. The van der Waals surface area contributed by atoms with Gasteiger partial charge in [-0.2, -0.15) is 5.26 Å². The number of phenols is 1. The number of aryl methyl sites for hydroxylation is 1. The lowest BCUT2D eigenvalue weighted by atomic mass is 10.00. The summed E-state index contributed by atoms with van der Waals surface area (Å²) in [6.45, 7) is 1.89. The monoisotopic (exact) mass is 290 g/mol. The van der Waals surface area contributed by atoms with E-state index in [1.807, 2.05) is 25.1 Å². The number of aromatic nitrogens is 2. The molecule has 2 aromatic heterocycles. The highest BCUT2D eigenvalue weighted by atomic mass is 16.3. The number of rotatable bonds is 2. The summed E-state index contributed by atoms with van der Waals surface area (Å²) in [6.07, 6.45) is 1.79. The molecule has 5 heteroatoms. The van der Waals surface area contributed by atoms with Gasteiger partial charge in [-0.3, -0.25) is 0 Å². The van der Waals surface area contributed by atoms with Crippen molar-refractivity contribution in [1.82, 2.24) is 9.97 Å². The average Bonchev–Trinajstić information content (AvgIpc) is 3.00. The third-order valence-electron chi connectivity index (χ3n) is 3.53. The summed E-state index contributed by atoms with van der Waals surface area (Å²) in [5.41, 5.74) is 10.2. The Hall–Kier alpha value is -3.26. The van der Waals surface area contributed by atoms with Crippen molar-refractivity contribution < 1.29 is 5.11 Å². The van der Waals surface area contributed by atoms with Crippen molar-refractivity contribution in [3.63, 3.8) is 0 Å². The zero-order valence-electron chi connectivity index (χ0n) is 12.0. The van der Waals surface area contributed by atoms with E-state index in [0.717, 1.165) is 16.8 Å². The first-order valence-electron chi connectivity index (χ1n) is 6.74. The minimum absolute atomic E-state index is 0.192. The second-order valence-corrected chi connectivity index (χ2v) is 5.01. The lowest BCUT2D eigenvalue weighted by molar-refractivity contribution is 0.475. The lowest BCUT2D eigenvalue weighted by Gasteiger charge is -2.11. The van der Waals surface area contributed by atoms with Gasteiger partial charge in [0, 0.05) is 23.0 Å². The summed E-state index contributed by atoms with van der Waals surface area (Å²) in [5.74, 6) is 0.393. The summed E-state index contributed by atoms with van der Waals surface area (Å²) in [7, 11) is 0. The van der Waals surface area contributed by atoms with Gasteiger partial charge in [-0.05, 0) is 48.9 Å². The first kappa shape index (κ1) is 13.7. The van der Waals surface area contributed by atoms with Crippen LogP contribution in [0.15, 0.2) is 42.6 Å². The average molecular weight is 290 g/mol. The van der Waals surface area contributed by atoms with Crippen molar-refractivity contribution in [1.29, 1.82) is 5.26 Å². The van der Waals surface area contributed by atoms with Gasteiger partial charge in [0.2, 0.25) is 0 Å². The second kappa shape index (κ2) is 5.26. The molecule has 0 saturated carbocycles. The summed E-state index contributed by atoms with van der Waals surface area (Å²) in [4.78, 5) is 7.42. The van der Waals surface area contributed by atoms with Crippen molar-refractivity contribution in [2.45, 2.75) is 6.92 Å². The maximum absolute atomic E-state index is 9.53. The molecule has 0 bridgehead atoms. The van der Waals surface area contributed by atoms with Gasteiger partial charge < -0.3 is 15.8 Å². The number of nitrogens with zero attached hydrogens (tertiary/aromatic N) is 2. The second-order valence-electron chi connectivity index (χ2n) is 5.01. The number of nitriles is 1. The normalized spacial score (nSPS) is 10.4. The number of aromatic hydroxyl groups is 1. The molecule has 3 aromatic rings. The number of phenolic OH excluding ortho intramolecular Hbond substituents is 1. The molecule has 1 aromatic carbocycles. The number of aromatic amines is 1. The number of benzene rings is 1. The van der Waals surface area contributed by atoms with Crippen LogP contribution in [0.1, 0.15) is 11.1 Å². The van der Waals surface area contributed by atoms with E-state index in [0.29, 0.717) is 16.8 Å². The molecule has 4 N–H and O–H groups in total. The Balaban J connectivity index is 2.25. The summed E-state index contributed by atoms with van der Waals surface area (Å²) in [6, 6.07) is 12.7. The SMILES string of the molecule is Cc1cc(O)ccc1-c1cc(-c2ccc[nH]2)c(C#N)c(N)n1. The number of nitrogens with one attached hydrogen (secondary N) is 1. The van der Waals surface area contributed by atoms with Crippen molar-refractivity contribution >= 4 is 5.82 Å². The van der Waals surface area contributed by atoms with Gasteiger partial charge in [-0.25, -0.2) is 4.98 Å². The smallest absolute Gasteiger partial charge is 0.142 e. The molecule has 0 spiro atoms. The summed E-state index contributed by atoms with van der Waals surface area (Å²) in [5, 5.41) is 18.9. The molecule has 0 saturated heterocycles. The molecule has 0 aliphatic heterocycles. The number of anilines is 1. The number of H-pyrrole nitrogens is 1. The van der Waals surface area contributed by atoms with Gasteiger partial charge in [0.25, 0.3) is 0 Å². The fourth-order valence-electron chi connectivity index (χ4n) is 2.47. The van der Waals surface area contributed by atoms with E-state index >= 15 is 0 Å². The zero-order chi connectivity index (χ0) is 15.7. The highest BCUT2D eigenvalue weighted by Crippen LogP contribution is 2.32. The van der Waals surface area contributed by atoms with Crippen LogP contribution in [0, 0.1) is 18.3 Å². The number of pyridine rings is 1. The quantitative estimate of drug-likeness (QED) is 0.674. The van der Waals surface area contributed by atoms with Crippen molar-refractivity contribution in [3.05, 3.63) is 53.7 Å². The van der Waals surface area contributed by atoms with E-state index in [9.17, 15) is 10.4 Å². The van der Waals surface area contributed by atoms with Crippen LogP contribution >= 0.6 is 0 Å². The van der Waals surface area contributed by atoms with E-state index < -0.39 is 0 Å². The number of nitrogen functional groups attached to an aromatic ring is 1. The molecule has 108 valence electrons. The molecule has 5 nitrogen and oxygen atoms in total. The Morgan fingerprint density at radius 2 is 2.05 bits per heavy atom. The van der Waals surface area contributed by atoms with E-state index in [-0.39, 0.29) is 11.6 Å². The molecular formula is C17H14N4O. The van der Waals surface area contributed by atoms with Gasteiger partial charge in [0.1, 0.15) is 23.2 Å². The topological polar surface area (TPSA) is 98.7 Å². The molecule has 0 atom stereocenters. The predicted octanol–water partition coefficient (Wildman–Crippen LogP) is 3.21. The minimum atomic E-state index is 0.192. The molecule has 0 aliphatic rings. The van der Waals surface area contributed by atoms with Crippen LogP contribution in [-0.2, 0) is 0 Å². The molecule has 0 fully saturated rings. The first-order chi connectivity index (χ1) is 10.6. The molecule has 22 heavy (non-hydrogen) atoms. The fourth-order valence-corrected chi connectivity index (χ4v) is 2.47. The van der Waals surface area contributed by atoms with Crippen LogP contribution in [0.2, 0.25) is 0 Å². The van der Waals surface area contributed by atoms with Crippen LogP contribution < -0.4 is 5.73 Å². The largest absolute Gasteiger partial charge is 0.508 e. The van der Waals surface area contributed by atoms with Crippen LogP contribution in [0.25, 0.3) is 22.5 Å². The molecule has 0 unspecified atom stereocenters. The third-order valence-corrected chi connectivity index (χ3v) is 3.53. The molecule has 0 radical (unpaired) electrons. The van der Waals surface area contributed by atoms with Crippen LogP contribution in [-0.4, -0.2) is 15.1 Å². The highest BCUT2D eigenvalue weighted by Gasteiger charge is 2.15. The maximum atomic E-state index is 9.53. The Bertz CT molecular complexity index is 876.